The minimum Gasteiger partial charge on any atom is -0.458 e. The Balaban J connectivity index is 3.53. The molecule has 38 heavy (non-hydrogen) atoms. The smallest absolute Gasteiger partial charge is 0.458 e. The molecule has 0 aliphatic carbocycles. The maximum atomic E-state index is 11.7. The standard InChI is InChI=1S/C29H58NO7P/c1-3-4-5-6-7-8-9-10-11-12-13-14-15-16-17-18-19-20-21-22-24-34-26-29(37-28(2)31)27-36-38(32,33)35-25-23-30/h10-11,29H,3-9,12-27,30H2,1-2H3,(H,32,33)/b11-10-. The van der Waals surface area contributed by atoms with E-state index in [1.54, 1.807) is 0 Å². The van der Waals surface area contributed by atoms with E-state index in [-0.39, 0.29) is 26.4 Å². The van der Waals surface area contributed by atoms with Crippen LogP contribution in [-0.4, -0.2) is 49.9 Å². The van der Waals surface area contributed by atoms with Crippen molar-refractivity contribution in [2.75, 3.05) is 33.0 Å². The summed E-state index contributed by atoms with van der Waals surface area (Å²) in [6, 6.07) is 0. The molecule has 0 aliphatic rings. The van der Waals surface area contributed by atoms with Crippen LogP contribution >= 0.6 is 7.82 Å². The number of hydrogen-bond acceptors (Lipinski definition) is 7. The fourth-order valence-electron chi connectivity index (χ4n) is 4.11. The molecule has 0 heterocycles. The van der Waals surface area contributed by atoms with Gasteiger partial charge in [0.2, 0.25) is 0 Å². The Morgan fingerprint density at radius 3 is 1.76 bits per heavy atom. The Bertz CT molecular complexity index is 603. The van der Waals surface area contributed by atoms with Crippen molar-refractivity contribution in [3.05, 3.63) is 12.2 Å². The molecule has 0 rings (SSSR count). The molecule has 0 aromatic rings. The first kappa shape index (κ1) is 37.2. The molecule has 9 heteroatoms. The van der Waals surface area contributed by atoms with Gasteiger partial charge in [-0.25, -0.2) is 4.57 Å². The molecule has 0 saturated carbocycles. The summed E-state index contributed by atoms with van der Waals surface area (Å²) in [4.78, 5) is 20.8. The van der Waals surface area contributed by atoms with Crippen LogP contribution in [0.1, 0.15) is 129 Å². The van der Waals surface area contributed by atoms with Crippen molar-refractivity contribution < 1.29 is 32.8 Å². The van der Waals surface area contributed by atoms with Crippen molar-refractivity contribution in [3.63, 3.8) is 0 Å². The van der Waals surface area contributed by atoms with Gasteiger partial charge in [0.05, 0.1) is 19.8 Å². The van der Waals surface area contributed by atoms with Gasteiger partial charge < -0.3 is 20.1 Å². The molecule has 0 radical (unpaired) electrons. The quantitative estimate of drug-likeness (QED) is 0.0413. The molecule has 0 fully saturated rings. The summed E-state index contributed by atoms with van der Waals surface area (Å²) in [6.07, 6.45) is 27.1. The summed E-state index contributed by atoms with van der Waals surface area (Å²) in [5.74, 6) is -0.506. The van der Waals surface area contributed by atoms with Gasteiger partial charge in [-0.15, -0.1) is 0 Å². The van der Waals surface area contributed by atoms with Crippen LogP contribution in [0.3, 0.4) is 0 Å². The van der Waals surface area contributed by atoms with Gasteiger partial charge in [-0.05, 0) is 32.1 Å². The highest BCUT2D eigenvalue weighted by atomic mass is 31.2. The molecule has 0 bridgehead atoms. The Morgan fingerprint density at radius 1 is 0.763 bits per heavy atom. The first-order chi connectivity index (χ1) is 18.4. The second-order valence-corrected chi connectivity index (χ2v) is 11.5. The topological polar surface area (TPSA) is 117 Å². The van der Waals surface area contributed by atoms with Gasteiger partial charge in [0.25, 0.3) is 0 Å². The van der Waals surface area contributed by atoms with Crippen LogP contribution in [0.5, 0.6) is 0 Å². The molecular formula is C29H58NO7P. The van der Waals surface area contributed by atoms with Gasteiger partial charge in [0.15, 0.2) is 0 Å². The lowest BCUT2D eigenvalue weighted by molar-refractivity contribution is -0.151. The van der Waals surface area contributed by atoms with E-state index in [1.807, 2.05) is 0 Å². The molecule has 8 nitrogen and oxygen atoms in total. The number of hydrogen-bond donors (Lipinski definition) is 2. The van der Waals surface area contributed by atoms with Crippen LogP contribution in [0.15, 0.2) is 12.2 Å². The lowest BCUT2D eigenvalue weighted by Crippen LogP contribution is -2.27. The summed E-state index contributed by atoms with van der Waals surface area (Å²) >= 11 is 0. The third-order valence-electron chi connectivity index (χ3n) is 6.23. The zero-order valence-corrected chi connectivity index (χ0v) is 25.3. The van der Waals surface area contributed by atoms with Crippen LogP contribution in [-0.2, 0) is 27.9 Å². The van der Waals surface area contributed by atoms with Crippen LogP contribution in [0.4, 0.5) is 0 Å². The summed E-state index contributed by atoms with van der Waals surface area (Å²) in [6.45, 7) is 3.90. The molecule has 3 N–H and O–H groups in total. The van der Waals surface area contributed by atoms with E-state index in [1.165, 1.54) is 110 Å². The van der Waals surface area contributed by atoms with E-state index < -0.39 is 19.9 Å². The second kappa shape index (κ2) is 27.8. The molecule has 0 amide bonds. The number of unbranched alkanes of at least 4 members (excludes halogenated alkanes) is 16. The van der Waals surface area contributed by atoms with Crippen molar-refractivity contribution in [1.82, 2.24) is 0 Å². The van der Waals surface area contributed by atoms with E-state index in [0.717, 1.165) is 12.8 Å². The van der Waals surface area contributed by atoms with Crippen LogP contribution in [0.2, 0.25) is 0 Å². The van der Waals surface area contributed by atoms with Gasteiger partial charge in [-0.3, -0.25) is 13.8 Å². The minimum absolute atomic E-state index is 0.0975. The van der Waals surface area contributed by atoms with Crippen molar-refractivity contribution in [1.29, 1.82) is 0 Å². The van der Waals surface area contributed by atoms with E-state index in [9.17, 15) is 14.3 Å². The number of rotatable bonds is 29. The molecule has 226 valence electrons. The lowest BCUT2D eigenvalue weighted by atomic mass is 10.1. The summed E-state index contributed by atoms with van der Waals surface area (Å²) in [5, 5.41) is 0. The number of phosphoric acid groups is 1. The molecule has 0 aliphatic heterocycles. The van der Waals surface area contributed by atoms with Crippen molar-refractivity contribution in [3.8, 4) is 0 Å². The van der Waals surface area contributed by atoms with Gasteiger partial charge in [-0.2, -0.15) is 0 Å². The molecule has 2 unspecified atom stereocenters. The third kappa shape index (κ3) is 28.3. The van der Waals surface area contributed by atoms with E-state index in [2.05, 4.69) is 23.6 Å². The average Bonchev–Trinajstić information content (AvgIpc) is 2.88. The van der Waals surface area contributed by atoms with Gasteiger partial charge >= 0.3 is 13.8 Å². The molecule has 0 aromatic heterocycles. The Kier molecular flexibility index (Phi) is 27.2. The number of phosphoric ester groups is 1. The largest absolute Gasteiger partial charge is 0.472 e. The van der Waals surface area contributed by atoms with Crippen LogP contribution < -0.4 is 5.73 Å². The predicted octanol–water partition coefficient (Wildman–Crippen LogP) is 7.62. The van der Waals surface area contributed by atoms with Gasteiger partial charge in [0, 0.05) is 20.1 Å². The number of allylic oxidation sites excluding steroid dienone is 2. The van der Waals surface area contributed by atoms with Gasteiger partial charge in [0.1, 0.15) is 6.10 Å². The van der Waals surface area contributed by atoms with Crippen LogP contribution in [0.25, 0.3) is 0 Å². The number of ether oxygens (including phenoxy) is 2. The number of esters is 1. The van der Waals surface area contributed by atoms with Crippen LogP contribution in [0, 0.1) is 0 Å². The maximum absolute atomic E-state index is 11.7. The molecule has 0 saturated heterocycles. The fraction of sp³-hybridized carbons (Fsp3) is 0.897. The summed E-state index contributed by atoms with van der Waals surface area (Å²) in [5.41, 5.74) is 5.25. The summed E-state index contributed by atoms with van der Waals surface area (Å²) < 4.78 is 31.9. The Labute approximate surface area is 233 Å². The number of nitrogens with two attached hydrogens (primary N) is 1. The van der Waals surface area contributed by atoms with E-state index >= 15 is 0 Å². The highest BCUT2D eigenvalue weighted by Gasteiger charge is 2.24. The third-order valence-corrected chi connectivity index (χ3v) is 7.22. The summed E-state index contributed by atoms with van der Waals surface area (Å²) in [7, 11) is -4.22. The van der Waals surface area contributed by atoms with Crippen molar-refractivity contribution in [2.45, 2.75) is 136 Å². The predicted molar refractivity (Wildman–Crippen MR) is 155 cm³/mol. The maximum Gasteiger partial charge on any atom is 0.472 e. The molecule has 0 aromatic carbocycles. The Hall–Kier alpha value is -0.760. The zero-order chi connectivity index (χ0) is 28.2. The van der Waals surface area contributed by atoms with E-state index in [4.69, 9.17) is 19.7 Å². The molecule has 0 spiro atoms. The zero-order valence-electron chi connectivity index (χ0n) is 24.4. The monoisotopic (exact) mass is 563 g/mol. The van der Waals surface area contributed by atoms with Crippen molar-refractivity contribution >= 4 is 13.8 Å². The highest BCUT2D eigenvalue weighted by Crippen LogP contribution is 2.43. The Morgan fingerprint density at radius 2 is 1.26 bits per heavy atom. The highest BCUT2D eigenvalue weighted by molar-refractivity contribution is 7.47. The first-order valence-electron chi connectivity index (χ1n) is 15.1. The fourth-order valence-corrected chi connectivity index (χ4v) is 4.87. The van der Waals surface area contributed by atoms with Gasteiger partial charge in [-0.1, -0.05) is 103 Å². The SMILES string of the molecule is CCCCCCCC/C=C\CCCCCCCCCCCCOCC(COP(=O)(O)OCCN)OC(C)=O. The average molecular weight is 564 g/mol. The minimum atomic E-state index is -4.22. The second-order valence-electron chi connectivity index (χ2n) is 10.0. The van der Waals surface area contributed by atoms with Crippen molar-refractivity contribution in [2.24, 2.45) is 5.73 Å². The molecule has 2 atom stereocenters. The lowest BCUT2D eigenvalue weighted by Gasteiger charge is -2.19. The molecular weight excluding hydrogens is 505 g/mol. The number of carbonyl (C=O) groups is 1. The van der Waals surface area contributed by atoms with E-state index in [0.29, 0.717) is 6.61 Å². The number of carbonyl (C=O) groups excluding carboxylic acids is 1. The normalized spacial score (nSPS) is 14.1. The first-order valence-corrected chi connectivity index (χ1v) is 16.6.